The molecule has 4 fully saturated rings. The summed E-state index contributed by atoms with van der Waals surface area (Å²) in [6.45, 7) is 19.8. The number of esters is 1. The topological polar surface area (TPSA) is 206 Å². The van der Waals surface area contributed by atoms with Crippen LogP contribution in [0.4, 0.5) is 0 Å². The molecule has 0 aromatic heterocycles. The number of piperidine rings is 1. The van der Waals surface area contributed by atoms with Gasteiger partial charge in [-0.05, 0) is 120 Å². The van der Waals surface area contributed by atoms with E-state index in [9.17, 15) is 34.2 Å². The van der Waals surface area contributed by atoms with Gasteiger partial charge in [0.2, 0.25) is 5.79 Å². The number of Topliss-reactive ketones (excluding diaryl/α,β-unsaturated/α-hetero) is 3. The molecule has 0 aromatic rings. The van der Waals surface area contributed by atoms with Crippen molar-refractivity contribution in [1.82, 2.24) is 9.80 Å². The number of ketones is 3. The SMILES string of the molecule is COCCOC1C[C@@H]2CC[C@@H](C)[C@@](O)(O2)C(=O)C(=O)N2CCCCC2C(=O)O[C@H]([C@H](C)C[C@@H]2CC[C@@H](OCCCN3CCO[C@H](C)C3)[C@H](OC)C2)CC(=O)[C@H](C)/C=C(\C)[C@@H](O)[C@@H](OC)C(=O)[C@H](C)C[C@H](C)/C=C/C=CC=C1C. The highest BCUT2D eigenvalue weighted by molar-refractivity contribution is 6.39. The van der Waals surface area contributed by atoms with E-state index in [1.54, 1.807) is 41.1 Å². The van der Waals surface area contributed by atoms with Gasteiger partial charge in [0, 0.05) is 84.7 Å². The second-order valence-electron chi connectivity index (χ2n) is 23.4. The smallest absolute Gasteiger partial charge is 0.329 e. The van der Waals surface area contributed by atoms with Gasteiger partial charge < -0.3 is 53.0 Å². The molecule has 1 amide bonds. The highest BCUT2D eigenvalue weighted by Gasteiger charge is 2.53. The van der Waals surface area contributed by atoms with E-state index in [0.29, 0.717) is 57.3 Å². The first-order chi connectivity index (χ1) is 37.2. The van der Waals surface area contributed by atoms with Gasteiger partial charge in [0.05, 0.1) is 50.3 Å². The standard InChI is InChI=1S/C61H98N2O15/c1-39-18-13-12-14-19-40(2)52(76-31-30-71-9)36-48-23-21-45(7)61(70,78-48)58(67)59(68)63-26-16-15-20-49(63)60(69)77-53(37-50(64)41(3)33-44(6)56(66)57(73-11)55(65)43(5)32-39)42(4)34-47-22-24-51(54(35-47)72-10)75-28-17-25-62-27-29-74-46(8)38-62/h12-14,18-19,33,39,41-43,45-49,51-54,56-57,66,70H,15-17,20-32,34-38H2,1-11H3/b14-12?,18-13+,40-19?,44-33+/t39-,41-,42-,43-,45-,46-,47+,48+,49?,51-,52?,53+,54-,56-,57+,61-/m1/s1. The third-order valence-corrected chi connectivity index (χ3v) is 17.1. The average Bonchev–Trinajstić information content (AvgIpc) is 3.44. The van der Waals surface area contributed by atoms with Gasteiger partial charge in [0.25, 0.3) is 11.7 Å². The Labute approximate surface area is 466 Å². The summed E-state index contributed by atoms with van der Waals surface area (Å²) in [6.07, 6.45) is 13.5. The Balaban J connectivity index is 1.41. The fraction of sp³-hybridized carbons (Fsp3) is 0.787. The first-order valence-corrected chi connectivity index (χ1v) is 29.2. The molecule has 1 aliphatic carbocycles. The first kappa shape index (κ1) is 65.3. The van der Waals surface area contributed by atoms with Crippen LogP contribution >= 0.6 is 0 Å². The first-order valence-electron chi connectivity index (χ1n) is 29.2. The molecule has 0 radical (unpaired) electrons. The van der Waals surface area contributed by atoms with Crippen molar-refractivity contribution in [2.45, 2.75) is 200 Å². The quantitative estimate of drug-likeness (QED) is 0.0756. The molecule has 1 saturated carbocycles. The highest BCUT2D eigenvalue weighted by atomic mass is 16.6. The summed E-state index contributed by atoms with van der Waals surface area (Å²) in [5, 5.41) is 23.8. The van der Waals surface area contributed by atoms with Crippen molar-refractivity contribution < 1.29 is 72.1 Å². The zero-order valence-electron chi connectivity index (χ0n) is 49.1. The van der Waals surface area contributed by atoms with Crippen molar-refractivity contribution >= 4 is 29.2 Å². The summed E-state index contributed by atoms with van der Waals surface area (Å²) < 4.78 is 48.0. The molecule has 0 aromatic carbocycles. The Kier molecular flexibility index (Phi) is 27.0. The minimum Gasteiger partial charge on any atom is -0.460 e. The van der Waals surface area contributed by atoms with E-state index < -0.39 is 77.8 Å². The number of hydrogen-bond acceptors (Lipinski definition) is 16. The summed E-state index contributed by atoms with van der Waals surface area (Å²) in [5.41, 5.74) is 1.26. The highest BCUT2D eigenvalue weighted by Crippen LogP contribution is 2.38. The number of amides is 1. The van der Waals surface area contributed by atoms with Crippen LogP contribution in [0.3, 0.4) is 0 Å². The second-order valence-corrected chi connectivity index (χ2v) is 23.4. The predicted octanol–water partition coefficient (Wildman–Crippen LogP) is 7.33. The van der Waals surface area contributed by atoms with Crippen LogP contribution in [0.1, 0.15) is 139 Å². The van der Waals surface area contributed by atoms with E-state index in [0.717, 1.165) is 57.5 Å². The predicted molar refractivity (Wildman–Crippen MR) is 296 cm³/mol. The lowest BCUT2D eigenvalue weighted by Gasteiger charge is -2.43. The lowest BCUT2D eigenvalue weighted by Crippen LogP contribution is -2.61. The van der Waals surface area contributed by atoms with E-state index in [-0.39, 0.29) is 80.0 Å². The van der Waals surface area contributed by atoms with Crippen LogP contribution in [-0.2, 0) is 61.9 Å². The number of aliphatic hydroxyl groups is 2. The van der Waals surface area contributed by atoms with Crippen LogP contribution in [0, 0.1) is 35.5 Å². The second kappa shape index (κ2) is 32.2. The molecule has 3 saturated heterocycles. The number of fused-ring (bicyclic) bond motifs is 3. The average molecular weight is 1100 g/mol. The van der Waals surface area contributed by atoms with Gasteiger partial charge in [-0.15, -0.1) is 0 Å². The minimum atomic E-state index is -2.46. The molecule has 2 N–H and O–H groups in total. The van der Waals surface area contributed by atoms with E-state index in [4.69, 9.17) is 37.9 Å². The Morgan fingerprint density at radius 1 is 0.821 bits per heavy atom. The Morgan fingerprint density at radius 3 is 2.31 bits per heavy atom. The van der Waals surface area contributed by atoms with Crippen molar-refractivity contribution in [2.75, 3.05) is 73.9 Å². The van der Waals surface area contributed by atoms with Crippen molar-refractivity contribution in [1.29, 1.82) is 0 Å². The maximum Gasteiger partial charge on any atom is 0.329 e. The van der Waals surface area contributed by atoms with Crippen LogP contribution < -0.4 is 0 Å². The third kappa shape index (κ3) is 18.8. The third-order valence-electron chi connectivity index (χ3n) is 17.1. The number of hydrogen-bond donors (Lipinski definition) is 2. The van der Waals surface area contributed by atoms with Crippen LogP contribution in [0.5, 0.6) is 0 Å². The fourth-order valence-corrected chi connectivity index (χ4v) is 12.1. The minimum absolute atomic E-state index is 0.00343. The molecule has 17 heteroatoms. The lowest BCUT2D eigenvalue weighted by atomic mass is 9.78. The van der Waals surface area contributed by atoms with Crippen molar-refractivity contribution in [3.8, 4) is 0 Å². The number of carbonyl (C=O) groups excluding carboxylic acids is 5. The van der Waals surface area contributed by atoms with Gasteiger partial charge in [-0.1, -0.05) is 71.1 Å². The summed E-state index contributed by atoms with van der Waals surface area (Å²) in [5.74, 6) is -7.94. The van der Waals surface area contributed by atoms with Gasteiger partial charge in [-0.25, -0.2) is 4.79 Å². The van der Waals surface area contributed by atoms with Crippen LogP contribution in [0.15, 0.2) is 47.6 Å². The molecular weight excluding hydrogens is 1000 g/mol. The molecule has 78 heavy (non-hydrogen) atoms. The van der Waals surface area contributed by atoms with E-state index in [1.807, 2.05) is 58.1 Å². The Hall–Kier alpha value is -3.49. The van der Waals surface area contributed by atoms with Gasteiger partial charge in [0.15, 0.2) is 5.78 Å². The number of cyclic esters (lactones) is 1. The Bertz CT molecular complexity index is 2060. The molecule has 4 aliphatic heterocycles. The zero-order valence-corrected chi connectivity index (χ0v) is 49.1. The van der Waals surface area contributed by atoms with Gasteiger partial charge in [-0.3, -0.25) is 24.1 Å². The van der Waals surface area contributed by atoms with Gasteiger partial charge in [0.1, 0.15) is 30.1 Å². The maximum absolute atomic E-state index is 14.7. The van der Waals surface area contributed by atoms with E-state index >= 15 is 0 Å². The fourth-order valence-electron chi connectivity index (χ4n) is 12.1. The van der Waals surface area contributed by atoms with Gasteiger partial charge >= 0.3 is 5.97 Å². The molecule has 17 nitrogen and oxygen atoms in total. The normalized spacial score (nSPS) is 37.0. The number of methoxy groups -OCH3 is 3. The largest absolute Gasteiger partial charge is 0.460 e. The lowest BCUT2D eigenvalue weighted by molar-refractivity contribution is -0.266. The monoisotopic (exact) mass is 1100 g/mol. The number of nitrogens with zero attached hydrogens (tertiary/aromatic N) is 2. The van der Waals surface area contributed by atoms with Crippen LogP contribution in [0.25, 0.3) is 0 Å². The van der Waals surface area contributed by atoms with Crippen LogP contribution in [-0.4, -0.2) is 184 Å². The molecule has 442 valence electrons. The molecule has 5 rings (SSSR count). The molecule has 4 heterocycles. The Morgan fingerprint density at radius 2 is 1.59 bits per heavy atom. The number of morpholine rings is 1. The van der Waals surface area contributed by atoms with Crippen molar-refractivity contribution in [3.05, 3.63) is 47.6 Å². The number of allylic oxidation sites excluding steroid dienone is 6. The zero-order chi connectivity index (χ0) is 57.1. The van der Waals surface area contributed by atoms with E-state index in [2.05, 4.69) is 11.8 Å². The summed E-state index contributed by atoms with van der Waals surface area (Å²) in [4.78, 5) is 75.6. The van der Waals surface area contributed by atoms with Crippen LogP contribution in [0.2, 0.25) is 0 Å². The molecule has 5 aliphatic rings. The number of aliphatic hydroxyl groups excluding tert-OH is 1. The summed E-state index contributed by atoms with van der Waals surface area (Å²) in [7, 11) is 4.68. The van der Waals surface area contributed by atoms with Crippen molar-refractivity contribution in [2.24, 2.45) is 35.5 Å². The summed E-state index contributed by atoms with van der Waals surface area (Å²) >= 11 is 0. The number of rotatable bonds is 14. The molecule has 16 atom stereocenters. The summed E-state index contributed by atoms with van der Waals surface area (Å²) in [6, 6.07) is -1.15. The van der Waals surface area contributed by atoms with Gasteiger partial charge in [-0.2, -0.15) is 0 Å². The number of ether oxygens (including phenoxy) is 8. The molecule has 2 unspecified atom stereocenters. The molecule has 2 bridgehead atoms. The molecule has 0 spiro atoms. The van der Waals surface area contributed by atoms with Crippen molar-refractivity contribution in [3.63, 3.8) is 0 Å². The number of carbonyl (C=O) groups is 5. The maximum atomic E-state index is 14.7. The van der Waals surface area contributed by atoms with E-state index in [1.165, 1.54) is 12.0 Å². The molecular formula is C61H98N2O15.